The smallest absolute Gasteiger partial charge is 0.213 e. The summed E-state index contributed by atoms with van der Waals surface area (Å²) in [5.41, 5.74) is 1.01. The summed E-state index contributed by atoms with van der Waals surface area (Å²) in [6.07, 6.45) is 1.89. The number of hydrogen-bond acceptors (Lipinski definition) is 2. The van der Waals surface area contributed by atoms with Gasteiger partial charge < -0.3 is 4.74 Å². The van der Waals surface area contributed by atoms with Crippen LogP contribution in [-0.2, 0) is 5.88 Å². The van der Waals surface area contributed by atoms with Crippen molar-refractivity contribution in [3.8, 4) is 5.88 Å². The second-order valence-electron chi connectivity index (χ2n) is 2.80. The maximum Gasteiger partial charge on any atom is 0.213 e. The van der Waals surface area contributed by atoms with Gasteiger partial charge in [-0.1, -0.05) is 6.07 Å². The van der Waals surface area contributed by atoms with Gasteiger partial charge in [-0.3, -0.25) is 0 Å². The molecule has 12 heavy (non-hydrogen) atoms. The van der Waals surface area contributed by atoms with Crippen molar-refractivity contribution in [3.05, 3.63) is 23.9 Å². The summed E-state index contributed by atoms with van der Waals surface area (Å²) in [5.74, 6) is 1.15. The molecule has 0 amide bonds. The van der Waals surface area contributed by atoms with Crippen LogP contribution in [-0.4, -0.2) is 11.1 Å². The van der Waals surface area contributed by atoms with Gasteiger partial charge >= 0.3 is 0 Å². The molecule has 1 rings (SSSR count). The first-order valence-electron chi connectivity index (χ1n) is 3.90. The third-order valence-electron chi connectivity index (χ3n) is 1.31. The Hall–Kier alpha value is -0.760. The standard InChI is InChI=1S/C9H12ClNO/c1-7(2)12-9-4-3-8(5-10)6-11-9/h3-4,6-7H,5H2,1-2H3. The zero-order valence-electron chi connectivity index (χ0n) is 7.25. The minimum absolute atomic E-state index is 0.166. The van der Waals surface area contributed by atoms with Crippen molar-refractivity contribution in [1.29, 1.82) is 0 Å². The van der Waals surface area contributed by atoms with Crippen LogP contribution in [0.1, 0.15) is 19.4 Å². The second-order valence-corrected chi connectivity index (χ2v) is 3.07. The largest absolute Gasteiger partial charge is 0.475 e. The van der Waals surface area contributed by atoms with Gasteiger partial charge in [0.1, 0.15) is 0 Å². The molecule has 0 radical (unpaired) electrons. The Balaban J connectivity index is 2.65. The summed E-state index contributed by atoms with van der Waals surface area (Å²) >= 11 is 5.60. The van der Waals surface area contributed by atoms with Crippen molar-refractivity contribution in [3.63, 3.8) is 0 Å². The molecule has 0 aliphatic heterocycles. The number of halogens is 1. The molecule has 1 heterocycles. The fourth-order valence-electron chi connectivity index (χ4n) is 0.801. The van der Waals surface area contributed by atoms with Gasteiger partial charge in [0.25, 0.3) is 0 Å². The molecule has 66 valence electrons. The molecule has 0 atom stereocenters. The highest BCUT2D eigenvalue weighted by atomic mass is 35.5. The molecule has 0 unspecified atom stereocenters. The van der Waals surface area contributed by atoms with Gasteiger partial charge in [0, 0.05) is 18.1 Å². The van der Waals surface area contributed by atoms with Gasteiger partial charge in [0.05, 0.1) is 6.10 Å². The van der Waals surface area contributed by atoms with Crippen LogP contribution >= 0.6 is 11.6 Å². The summed E-state index contributed by atoms with van der Waals surface area (Å²) in [6.45, 7) is 3.94. The quantitative estimate of drug-likeness (QED) is 0.676. The zero-order valence-corrected chi connectivity index (χ0v) is 8.01. The van der Waals surface area contributed by atoms with Gasteiger partial charge in [0.15, 0.2) is 0 Å². The molecule has 0 aromatic carbocycles. The Morgan fingerprint density at radius 3 is 2.67 bits per heavy atom. The van der Waals surface area contributed by atoms with Crippen LogP contribution in [0.4, 0.5) is 0 Å². The van der Waals surface area contributed by atoms with E-state index in [4.69, 9.17) is 16.3 Å². The van der Waals surface area contributed by atoms with E-state index in [9.17, 15) is 0 Å². The summed E-state index contributed by atoms with van der Waals surface area (Å²) in [6, 6.07) is 3.75. The van der Waals surface area contributed by atoms with E-state index in [1.807, 2.05) is 26.0 Å². The fraction of sp³-hybridized carbons (Fsp3) is 0.444. The van der Waals surface area contributed by atoms with Gasteiger partial charge in [-0.15, -0.1) is 11.6 Å². The number of rotatable bonds is 3. The van der Waals surface area contributed by atoms with Gasteiger partial charge in [-0.05, 0) is 19.4 Å². The van der Waals surface area contributed by atoms with E-state index in [2.05, 4.69) is 4.98 Å². The normalized spacial score (nSPS) is 10.3. The highest BCUT2D eigenvalue weighted by Crippen LogP contribution is 2.10. The summed E-state index contributed by atoms with van der Waals surface area (Å²) in [4.78, 5) is 4.08. The Kier molecular flexibility index (Phi) is 3.35. The second kappa shape index (κ2) is 4.31. The van der Waals surface area contributed by atoms with Crippen LogP contribution in [0.3, 0.4) is 0 Å². The lowest BCUT2D eigenvalue weighted by atomic mass is 10.3. The highest BCUT2D eigenvalue weighted by molar-refractivity contribution is 6.17. The van der Waals surface area contributed by atoms with E-state index >= 15 is 0 Å². The molecule has 0 bridgehead atoms. The van der Waals surface area contributed by atoms with Crippen LogP contribution in [0.25, 0.3) is 0 Å². The summed E-state index contributed by atoms with van der Waals surface area (Å²) < 4.78 is 5.36. The van der Waals surface area contributed by atoms with E-state index in [0.717, 1.165) is 5.56 Å². The average Bonchev–Trinajstić information content (AvgIpc) is 2.05. The summed E-state index contributed by atoms with van der Waals surface area (Å²) in [7, 11) is 0. The highest BCUT2D eigenvalue weighted by Gasteiger charge is 1.97. The van der Waals surface area contributed by atoms with Crippen molar-refractivity contribution in [2.45, 2.75) is 25.8 Å². The Labute approximate surface area is 77.5 Å². The average molecular weight is 186 g/mol. The fourth-order valence-corrected chi connectivity index (χ4v) is 0.959. The molecule has 0 saturated heterocycles. The van der Waals surface area contributed by atoms with Crippen molar-refractivity contribution in [2.75, 3.05) is 0 Å². The zero-order chi connectivity index (χ0) is 8.97. The third kappa shape index (κ3) is 2.70. The minimum atomic E-state index is 0.166. The lowest BCUT2D eigenvalue weighted by molar-refractivity contribution is 0.232. The molecule has 1 aromatic rings. The molecule has 0 N–H and O–H groups in total. The first-order valence-corrected chi connectivity index (χ1v) is 4.43. The van der Waals surface area contributed by atoms with Gasteiger partial charge in [-0.2, -0.15) is 0 Å². The molecule has 2 nitrogen and oxygen atoms in total. The first kappa shape index (κ1) is 9.33. The van der Waals surface area contributed by atoms with E-state index in [0.29, 0.717) is 11.8 Å². The molecular formula is C9H12ClNO. The lowest BCUT2D eigenvalue weighted by Crippen LogP contribution is -2.06. The van der Waals surface area contributed by atoms with Crippen molar-refractivity contribution < 1.29 is 4.74 Å². The van der Waals surface area contributed by atoms with Crippen molar-refractivity contribution >= 4 is 11.6 Å². The molecule has 0 fully saturated rings. The third-order valence-corrected chi connectivity index (χ3v) is 1.62. The minimum Gasteiger partial charge on any atom is -0.475 e. The maximum atomic E-state index is 5.60. The molecule has 3 heteroatoms. The Morgan fingerprint density at radius 1 is 1.50 bits per heavy atom. The van der Waals surface area contributed by atoms with Crippen LogP contribution in [0.5, 0.6) is 5.88 Å². The van der Waals surface area contributed by atoms with Crippen LogP contribution in [0, 0.1) is 0 Å². The summed E-state index contributed by atoms with van der Waals surface area (Å²) in [5, 5.41) is 0. The van der Waals surface area contributed by atoms with Crippen molar-refractivity contribution in [2.24, 2.45) is 0 Å². The van der Waals surface area contributed by atoms with Crippen LogP contribution in [0.15, 0.2) is 18.3 Å². The number of hydrogen-bond donors (Lipinski definition) is 0. The van der Waals surface area contributed by atoms with Crippen molar-refractivity contribution in [1.82, 2.24) is 4.98 Å². The molecule has 0 aliphatic rings. The SMILES string of the molecule is CC(C)Oc1ccc(CCl)cn1. The molecule has 0 saturated carbocycles. The van der Waals surface area contributed by atoms with Crippen LogP contribution in [0.2, 0.25) is 0 Å². The first-order chi connectivity index (χ1) is 5.72. The van der Waals surface area contributed by atoms with E-state index in [1.165, 1.54) is 0 Å². The topological polar surface area (TPSA) is 22.1 Å². The predicted octanol–water partition coefficient (Wildman–Crippen LogP) is 2.61. The number of aromatic nitrogens is 1. The number of nitrogens with zero attached hydrogens (tertiary/aromatic N) is 1. The van der Waals surface area contributed by atoms with Crippen LogP contribution < -0.4 is 4.74 Å². The van der Waals surface area contributed by atoms with E-state index < -0.39 is 0 Å². The lowest BCUT2D eigenvalue weighted by Gasteiger charge is -2.07. The molecular weight excluding hydrogens is 174 g/mol. The Morgan fingerprint density at radius 2 is 2.25 bits per heavy atom. The monoisotopic (exact) mass is 185 g/mol. The molecule has 0 aliphatic carbocycles. The number of alkyl halides is 1. The van der Waals surface area contributed by atoms with Gasteiger partial charge in [-0.25, -0.2) is 4.98 Å². The van der Waals surface area contributed by atoms with E-state index in [-0.39, 0.29) is 6.10 Å². The molecule has 0 spiro atoms. The predicted molar refractivity (Wildman–Crippen MR) is 49.6 cm³/mol. The number of pyridine rings is 1. The van der Waals surface area contributed by atoms with E-state index in [1.54, 1.807) is 6.20 Å². The molecule has 1 aromatic heterocycles. The maximum absolute atomic E-state index is 5.60. The number of ether oxygens (including phenoxy) is 1. The van der Waals surface area contributed by atoms with Gasteiger partial charge in [0.2, 0.25) is 5.88 Å². The Bertz CT molecular complexity index is 233.